The van der Waals surface area contributed by atoms with Crippen LogP contribution in [-0.2, 0) is 7.05 Å². The zero-order valence-electron chi connectivity index (χ0n) is 9.36. The Morgan fingerprint density at radius 3 is 2.69 bits per heavy atom. The van der Waals surface area contributed by atoms with Crippen LogP contribution < -0.4 is 5.32 Å². The second-order valence-electron chi connectivity index (χ2n) is 3.56. The van der Waals surface area contributed by atoms with Crippen LogP contribution in [0.25, 0.3) is 0 Å². The molecule has 0 saturated heterocycles. The Kier molecular flexibility index (Phi) is 3.11. The molecule has 0 spiro atoms. The fourth-order valence-corrected chi connectivity index (χ4v) is 2.22. The Hall–Kier alpha value is -1.14. The van der Waals surface area contributed by atoms with Gasteiger partial charge in [-0.2, -0.15) is 0 Å². The molecule has 0 aliphatic rings. The number of hydrogen-bond acceptors (Lipinski definition) is 4. The lowest BCUT2D eigenvalue weighted by atomic mass is 10.1. The quantitative estimate of drug-likeness (QED) is 0.934. The summed E-state index contributed by atoms with van der Waals surface area (Å²) in [7, 11) is 3.73. The summed E-state index contributed by atoms with van der Waals surface area (Å²) >= 11 is 3.39. The molecular formula is C10H13BrN4O. The molecule has 1 atom stereocenters. The maximum atomic E-state index is 5.62. The van der Waals surface area contributed by atoms with Crippen LogP contribution in [0.1, 0.15) is 23.3 Å². The molecule has 2 heterocycles. The van der Waals surface area contributed by atoms with E-state index in [2.05, 4.69) is 31.6 Å². The van der Waals surface area contributed by atoms with Crippen molar-refractivity contribution in [3.8, 4) is 0 Å². The van der Waals surface area contributed by atoms with Crippen LogP contribution in [0.4, 0.5) is 0 Å². The molecule has 0 aliphatic heterocycles. The third-order valence-corrected chi connectivity index (χ3v) is 3.00. The summed E-state index contributed by atoms with van der Waals surface area (Å²) < 4.78 is 8.07. The third kappa shape index (κ3) is 1.90. The van der Waals surface area contributed by atoms with Crippen LogP contribution in [0.3, 0.4) is 0 Å². The Labute approximate surface area is 102 Å². The van der Waals surface area contributed by atoms with Gasteiger partial charge in [0.2, 0.25) is 0 Å². The lowest BCUT2D eigenvalue weighted by Gasteiger charge is -2.13. The lowest BCUT2D eigenvalue weighted by molar-refractivity contribution is 0.432. The molecule has 0 fully saturated rings. The molecule has 0 radical (unpaired) electrons. The fourth-order valence-electron chi connectivity index (χ4n) is 1.67. The summed E-state index contributed by atoms with van der Waals surface area (Å²) in [5.41, 5.74) is 0.942. The molecule has 5 nitrogen and oxygen atoms in total. The number of aromatic nitrogens is 3. The highest BCUT2D eigenvalue weighted by atomic mass is 79.9. The van der Waals surface area contributed by atoms with E-state index in [9.17, 15) is 0 Å². The Morgan fingerprint density at radius 2 is 2.25 bits per heavy atom. The first-order valence-electron chi connectivity index (χ1n) is 4.92. The molecule has 0 aliphatic carbocycles. The molecule has 2 aromatic rings. The monoisotopic (exact) mass is 284 g/mol. The minimum Gasteiger partial charge on any atom is -0.464 e. The molecule has 1 unspecified atom stereocenters. The van der Waals surface area contributed by atoms with Gasteiger partial charge in [0.05, 0.1) is 5.69 Å². The van der Waals surface area contributed by atoms with Crippen molar-refractivity contribution in [1.29, 1.82) is 0 Å². The second-order valence-corrected chi connectivity index (χ2v) is 4.31. The van der Waals surface area contributed by atoms with Crippen molar-refractivity contribution in [1.82, 2.24) is 20.3 Å². The first-order valence-corrected chi connectivity index (χ1v) is 5.71. The highest BCUT2D eigenvalue weighted by molar-refractivity contribution is 9.10. The Balaban J connectivity index is 2.44. The smallest absolute Gasteiger partial charge is 0.153 e. The van der Waals surface area contributed by atoms with E-state index >= 15 is 0 Å². The zero-order valence-corrected chi connectivity index (χ0v) is 10.9. The number of halogens is 1. The Morgan fingerprint density at radius 1 is 1.50 bits per heavy atom. The van der Waals surface area contributed by atoms with E-state index in [0.717, 1.165) is 21.8 Å². The molecule has 1 N–H and O–H groups in total. The van der Waals surface area contributed by atoms with E-state index in [4.69, 9.17) is 4.42 Å². The van der Waals surface area contributed by atoms with E-state index in [1.54, 1.807) is 4.68 Å². The van der Waals surface area contributed by atoms with Crippen LogP contribution in [0, 0.1) is 6.92 Å². The summed E-state index contributed by atoms with van der Waals surface area (Å²) in [4.78, 5) is 0. The van der Waals surface area contributed by atoms with Gasteiger partial charge in [-0.25, -0.2) is 4.68 Å². The predicted molar refractivity (Wildman–Crippen MR) is 63.1 cm³/mol. The van der Waals surface area contributed by atoms with Crippen molar-refractivity contribution in [3.05, 3.63) is 34.0 Å². The molecule has 16 heavy (non-hydrogen) atoms. The summed E-state index contributed by atoms with van der Waals surface area (Å²) in [6, 6.07) is 3.84. The van der Waals surface area contributed by atoms with Gasteiger partial charge < -0.3 is 9.73 Å². The van der Waals surface area contributed by atoms with Crippen molar-refractivity contribution in [3.63, 3.8) is 0 Å². The van der Waals surface area contributed by atoms with Gasteiger partial charge in [0.15, 0.2) is 4.60 Å². The second kappa shape index (κ2) is 4.39. The molecule has 86 valence electrons. The van der Waals surface area contributed by atoms with Crippen molar-refractivity contribution in [2.24, 2.45) is 7.05 Å². The zero-order chi connectivity index (χ0) is 11.7. The molecule has 0 amide bonds. The minimum atomic E-state index is -0.0527. The summed E-state index contributed by atoms with van der Waals surface area (Å²) in [5, 5.41) is 11.1. The van der Waals surface area contributed by atoms with E-state index in [1.807, 2.05) is 33.2 Å². The Bertz CT molecular complexity index is 471. The van der Waals surface area contributed by atoms with Crippen molar-refractivity contribution >= 4 is 15.9 Å². The fraction of sp³-hybridized carbons (Fsp3) is 0.400. The molecule has 0 bridgehead atoms. The minimum absolute atomic E-state index is 0.0527. The van der Waals surface area contributed by atoms with Gasteiger partial charge in [0.1, 0.15) is 17.6 Å². The van der Waals surface area contributed by atoms with Gasteiger partial charge >= 0.3 is 0 Å². The normalized spacial score (nSPS) is 13.0. The molecule has 0 aromatic carbocycles. The van der Waals surface area contributed by atoms with Gasteiger partial charge in [-0.15, -0.1) is 5.10 Å². The first-order chi connectivity index (χ1) is 7.63. The number of rotatable bonds is 3. The van der Waals surface area contributed by atoms with Crippen molar-refractivity contribution in [2.45, 2.75) is 13.0 Å². The average molecular weight is 285 g/mol. The molecular weight excluding hydrogens is 272 g/mol. The maximum Gasteiger partial charge on any atom is 0.153 e. The van der Waals surface area contributed by atoms with E-state index < -0.39 is 0 Å². The largest absolute Gasteiger partial charge is 0.464 e. The number of hydrogen-bond donors (Lipinski definition) is 1. The number of furan rings is 1. The van der Waals surface area contributed by atoms with Crippen LogP contribution in [0.5, 0.6) is 0 Å². The highest BCUT2D eigenvalue weighted by Crippen LogP contribution is 2.27. The summed E-state index contributed by atoms with van der Waals surface area (Å²) in [6.07, 6.45) is 0. The van der Waals surface area contributed by atoms with Crippen LogP contribution in [0.15, 0.2) is 21.2 Å². The number of nitrogens with one attached hydrogen (secondary N) is 1. The topological polar surface area (TPSA) is 55.9 Å². The third-order valence-electron chi connectivity index (χ3n) is 2.43. The maximum absolute atomic E-state index is 5.62. The molecule has 2 rings (SSSR count). The van der Waals surface area contributed by atoms with E-state index in [-0.39, 0.29) is 6.04 Å². The van der Waals surface area contributed by atoms with Gasteiger partial charge in [0.25, 0.3) is 0 Å². The lowest BCUT2D eigenvalue weighted by Crippen LogP contribution is -2.20. The first kappa shape index (κ1) is 11.3. The number of aryl methyl sites for hydroxylation is 2. The highest BCUT2D eigenvalue weighted by Gasteiger charge is 2.22. The van der Waals surface area contributed by atoms with Crippen molar-refractivity contribution in [2.75, 3.05) is 7.05 Å². The van der Waals surface area contributed by atoms with Crippen LogP contribution in [0.2, 0.25) is 0 Å². The van der Waals surface area contributed by atoms with Gasteiger partial charge in [-0.05, 0) is 42.0 Å². The van der Waals surface area contributed by atoms with Gasteiger partial charge in [-0.3, -0.25) is 0 Å². The molecule has 0 saturated carbocycles. The van der Waals surface area contributed by atoms with Crippen LogP contribution >= 0.6 is 15.9 Å². The van der Waals surface area contributed by atoms with E-state index in [1.165, 1.54) is 0 Å². The predicted octanol–water partition coefficient (Wildman–Crippen LogP) is 1.79. The standard InChI is InChI=1S/C10H13BrN4O/c1-6-4-5-7(16-6)8(12-2)9-10(11)13-14-15(9)3/h4-5,8,12H,1-3H3. The van der Waals surface area contributed by atoms with Crippen LogP contribution in [-0.4, -0.2) is 22.0 Å². The number of nitrogens with zero attached hydrogens (tertiary/aromatic N) is 3. The summed E-state index contributed by atoms with van der Waals surface area (Å²) in [5.74, 6) is 1.74. The average Bonchev–Trinajstić information content (AvgIpc) is 2.80. The SMILES string of the molecule is CNC(c1ccc(C)o1)c1c(Br)nnn1C. The van der Waals surface area contributed by atoms with E-state index in [0.29, 0.717) is 0 Å². The molecule has 2 aromatic heterocycles. The van der Waals surface area contributed by atoms with Crippen molar-refractivity contribution < 1.29 is 4.42 Å². The van der Waals surface area contributed by atoms with Gasteiger partial charge in [-0.1, -0.05) is 5.21 Å². The molecule has 6 heteroatoms. The summed E-state index contributed by atoms with van der Waals surface area (Å²) in [6.45, 7) is 1.92. The van der Waals surface area contributed by atoms with Gasteiger partial charge in [0, 0.05) is 7.05 Å².